The van der Waals surface area contributed by atoms with Gasteiger partial charge in [0.05, 0.1) is 5.39 Å². The molecule has 1 aromatic heterocycles. The van der Waals surface area contributed by atoms with Crippen LogP contribution < -0.4 is 11.1 Å². The predicted octanol–water partition coefficient (Wildman–Crippen LogP) is 1.97. The summed E-state index contributed by atoms with van der Waals surface area (Å²) in [5, 5.41) is 2.54. The Morgan fingerprint density at radius 1 is 1.00 bits per heavy atom. The van der Waals surface area contributed by atoms with E-state index in [2.05, 4.69) is 15.9 Å². The average molecular weight is 287 g/mol. The Morgan fingerprint density at radius 2 is 1.76 bits per heavy atom. The summed E-state index contributed by atoms with van der Waals surface area (Å²) >= 11 is 3.37. The predicted molar refractivity (Wildman–Crippen MR) is 75.9 cm³/mol. The van der Waals surface area contributed by atoms with Crippen LogP contribution in [0.25, 0.3) is 21.7 Å². The van der Waals surface area contributed by atoms with E-state index in [4.69, 9.17) is 4.42 Å². The van der Waals surface area contributed by atoms with E-state index in [1.165, 1.54) is 0 Å². The Kier molecular flexibility index (Phi) is 2.33. The first-order valence-electron chi connectivity index (χ1n) is 5.28. The van der Waals surface area contributed by atoms with E-state index < -0.39 is 0 Å². The maximum absolute atomic E-state index is 11.9. The summed E-state index contributed by atoms with van der Waals surface area (Å²) in [6, 6.07) is 11.6. The molecule has 82 valence electrons. The van der Waals surface area contributed by atoms with Crippen molar-refractivity contribution in [2.75, 3.05) is 0 Å². The lowest BCUT2D eigenvalue weighted by Gasteiger charge is -2.03. The maximum atomic E-state index is 11.9. The third kappa shape index (κ3) is 1.69. The Balaban J connectivity index is 2.60. The van der Waals surface area contributed by atoms with Gasteiger partial charge in [-0.15, -0.1) is 0 Å². The minimum absolute atomic E-state index is 0.283. The molecule has 3 rings (SSSR count). The van der Waals surface area contributed by atoms with Crippen molar-refractivity contribution in [2.24, 2.45) is 0 Å². The lowest BCUT2D eigenvalue weighted by Crippen LogP contribution is -2.06. The van der Waals surface area contributed by atoms with Crippen molar-refractivity contribution in [2.45, 2.75) is 0 Å². The molecule has 0 aliphatic heterocycles. The summed E-state index contributed by atoms with van der Waals surface area (Å²) in [5.74, 6) is 0. The molecule has 0 spiro atoms. The fourth-order valence-corrected chi connectivity index (χ4v) is 2.36. The fraction of sp³-hybridized carbons (Fsp3) is 0. The normalized spacial score (nSPS) is 11.1. The Morgan fingerprint density at radius 3 is 2.59 bits per heavy atom. The Bertz CT molecular complexity index is 792. The number of hydrogen-bond acceptors (Lipinski definition) is 2. The lowest BCUT2D eigenvalue weighted by atomic mass is 9.93. The zero-order valence-electron chi connectivity index (χ0n) is 9.16. The van der Waals surface area contributed by atoms with Crippen LogP contribution in [0.5, 0.6) is 0 Å². The van der Waals surface area contributed by atoms with Gasteiger partial charge < -0.3 is 4.42 Å². The molecule has 0 radical (unpaired) electrons. The largest absolute Gasteiger partial charge is 0.422 e. The number of rotatable bonds is 0. The van der Waals surface area contributed by atoms with Crippen LogP contribution >= 0.6 is 15.9 Å². The second-order valence-electron chi connectivity index (χ2n) is 4.08. The summed E-state index contributed by atoms with van der Waals surface area (Å²) in [4.78, 5) is 11.9. The molecule has 4 heteroatoms. The molecular formula is C13H8BBrO2. The summed E-state index contributed by atoms with van der Waals surface area (Å²) < 4.78 is 6.23. The second kappa shape index (κ2) is 3.74. The fourth-order valence-electron chi connectivity index (χ4n) is 2.02. The quantitative estimate of drug-likeness (QED) is 0.359. The smallest absolute Gasteiger partial charge is 0.344 e. The highest BCUT2D eigenvalue weighted by Crippen LogP contribution is 2.24. The summed E-state index contributed by atoms with van der Waals surface area (Å²) in [6.45, 7) is 0. The van der Waals surface area contributed by atoms with E-state index in [0.717, 1.165) is 20.7 Å². The van der Waals surface area contributed by atoms with Crippen molar-refractivity contribution in [3.63, 3.8) is 0 Å². The van der Waals surface area contributed by atoms with Gasteiger partial charge in [-0.05, 0) is 23.6 Å². The molecule has 0 aliphatic rings. The van der Waals surface area contributed by atoms with Crippen LogP contribution in [0.15, 0.2) is 50.1 Å². The van der Waals surface area contributed by atoms with Crippen LogP contribution in [0.3, 0.4) is 0 Å². The first-order chi connectivity index (χ1) is 8.15. The molecule has 17 heavy (non-hydrogen) atoms. The molecule has 0 unspecified atom stereocenters. The van der Waals surface area contributed by atoms with E-state index in [1.807, 2.05) is 44.2 Å². The summed E-state index contributed by atoms with van der Waals surface area (Å²) in [5.41, 5.74) is 1.39. The molecule has 0 amide bonds. The molecule has 0 saturated heterocycles. The van der Waals surface area contributed by atoms with Gasteiger partial charge >= 0.3 is 5.63 Å². The van der Waals surface area contributed by atoms with Crippen LogP contribution in [0.1, 0.15) is 0 Å². The number of hydrogen-bond donors (Lipinski definition) is 0. The standard InChI is InChI=1S/C13H8BBrO2/c14-7-1-3-9-10-4-2-8(15)6-12(10)17-13(16)11(9)5-7/h1-6H,14H2. The van der Waals surface area contributed by atoms with Gasteiger partial charge in [-0.2, -0.15) is 0 Å². The minimum Gasteiger partial charge on any atom is -0.422 e. The molecule has 1 heterocycles. The van der Waals surface area contributed by atoms with Gasteiger partial charge in [0.2, 0.25) is 0 Å². The van der Waals surface area contributed by atoms with Gasteiger partial charge in [0.1, 0.15) is 13.4 Å². The van der Waals surface area contributed by atoms with E-state index in [-0.39, 0.29) is 5.63 Å². The zero-order chi connectivity index (χ0) is 12.0. The first kappa shape index (κ1) is 10.6. The topological polar surface area (TPSA) is 30.2 Å². The molecule has 0 fully saturated rings. The van der Waals surface area contributed by atoms with Crippen molar-refractivity contribution < 1.29 is 4.42 Å². The molecule has 0 saturated carbocycles. The first-order valence-corrected chi connectivity index (χ1v) is 6.07. The summed E-state index contributed by atoms with van der Waals surface area (Å²) in [6.07, 6.45) is 0. The van der Waals surface area contributed by atoms with E-state index in [1.54, 1.807) is 0 Å². The van der Waals surface area contributed by atoms with Gasteiger partial charge in [0.15, 0.2) is 0 Å². The molecule has 0 bridgehead atoms. The number of benzene rings is 2. The van der Waals surface area contributed by atoms with E-state index in [0.29, 0.717) is 11.0 Å². The van der Waals surface area contributed by atoms with Crippen LogP contribution in [0.2, 0.25) is 0 Å². The molecule has 0 aliphatic carbocycles. The van der Waals surface area contributed by atoms with Crippen LogP contribution in [0, 0.1) is 0 Å². The van der Waals surface area contributed by atoms with Gasteiger partial charge in [0, 0.05) is 9.86 Å². The van der Waals surface area contributed by atoms with Crippen molar-refractivity contribution >= 4 is 51.0 Å². The molecule has 2 aromatic carbocycles. The van der Waals surface area contributed by atoms with Gasteiger partial charge in [0.25, 0.3) is 0 Å². The van der Waals surface area contributed by atoms with Crippen molar-refractivity contribution in [3.05, 3.63) is 51.3 Å². The zero-order valence-corrected chi connectivity index (χ0v) is 10.7. The SMILES string of the molecule is Bc1ccc2c(c1)c(=O)oc1cc(Br)ccc12. The Hall–Kier alpha value is -1.55. The highest BCUT2D eigenvalue weighted by Gasteiger charge is 2.07. The summed E-state index contributed by atoms with van der Waals surface area (Å²) in [7, 11) is 1.96. The highest BCUT2D eigenvalue weighted by atomic mass is 79.9. The van der Waals surface area contributed by atoms with Crippen LogP contribution in [-0.2, 0) is 0 Å². The second-order valence-corrected chi connectivity index (χ2v) is 4.99. The van der Waals surface area contributed by atoms with Gasteiger partial charge in [-0.1, -0.05) is 39.6 Å². The molecule has 3 aromatic rings. The third-order valence-corrected chi connectivity index (χ3v) is 3.32. The molecule has 2 nitrogen and oxygen atoms in total. The molecular weight excluding hydrogens is 279 g/mol. The lowest BCUT2D eigenvalue weighted by molar-refractivity contribution is 0.569. The minimum atomic E-state index is -0.283. The van der Waals surface area contributed by atoms with Gasteiger partial charge in [-0.25, -0.2) is 4.79 Å². The number of fused-ring (bicyclic) bond motifs is 3. The van der Waals surface area contributed by atoms with Gasteiger partial charge in [-0.3, -0.25) is 0 Å². The van der Waals surface area contributed by atoms with Crippen molar-refractivity contribution in [3.8, 4) is 0 Å². The van der Waals surface area contributed by atoms with E-state index >= 15 is 0 Å². The maximum Gasteiger partial charge on any atom is 0.344 e. The molecule has 0 N–H and O–H groups in total. The van der Waals surface area contributed by atoms with Crippen LogP contribution in [-0.4, -0.2) is 7.85 Å². The number of halogens is 1. The average Bonchev–Trinajstić information content (AvgIpc) is 2.29. The monoisotopic (exact) mass is 286 g/mol. The van der Waals surface area contributed by atoms with Crippen molar-refractivity contribution in [1.82, 2.24) is 0 Å². The van der Waals surface area contributed by atoms with Crippen molar-refractivity contribution in [1.29, 1.82) is 0 Å². The Labute approximate surface area is 107 Å². The van der Waals surface area contributed by atoms with E-state index in [9.17, 15) is 4.79 Å². The highest BCUT2D eigenvalue weighted by molar-refractivity contribution is 9.10. The third-order valence-electron chi connectivity index (χ3n) is 2.83. The molecule has 0 atom stereocenters. The van der Waals surface area contributed by atoms with Crippen LogP contribution in [0.4, 0.5) is 0 Å².